The molecule has 0 saturated carbocycles. The van der Waals surface area contributed by atoms with Gasteiger partial charge in [-0.1, -0.05) is 24.3 Å². The van der Waals surface area contributed by atoms with Crippen LogP contribution in [0.4, 0.5) is 4.39 Å². The summed E-state index contributed by atoms with van der Waals surface area (Å²) in [4.78, 5) is 12.2. The van der Waals surface area contributed by atoms with Gasteiger partial charge in [0.05, 0.1) is 5.39 Å². The van der Waals surface area contributed by atoms with E-state index in [1.54, 1.807) is 36.4 Å². The minimum absolute atomic E-state index is 0.0956. The summed E-state index contributed by atoms with van der Waals surface area (Å²) in [6, 6.07) is 13.1. The normalized spacial score (nSPS) is 10.8. The number of benzene rings is 2. The third-order valence-electron chi connectivity index (χ3n) is 2.83. The highest BCUT2D eigenvalue weighted by Crippen LogP contribution is 2.27. The van der Waals surface area contributed by atoms with Crippen molar-refractivity contribution in [3.05, 3.63) is 68.1 Å². The molecule has 0 aliphatic heterocycles. The molecule has 0 bridgehead atoms. The molecule has 2 aromatic carbocycles. The molecule has 3 aromatic rings. The van der Waals surface area contributed by atoms with Crippen LogP contribution in [0.15, 0.2) is 57.7 Å². The fraction of sp³-hybridized carbons (Fsp3) is 0. The first-order valence-corrected chi connectivity index (χ1v) is 6.72. The Morgan fingerprint density at radius 2 is 1.84 bits per heavy atom. The van der Waals surface area contributed by atoms with Crippen molar-refractivity contribution < 1.29 is 8.81 Å². The van der Waals surface area contributed by atoms with Crippen LogP contribution in [0, 0.1) is 9.39 Å². The van der Waals surface area contributed by atoms with Crippen molar-refractivity contribution >= 4 is 33.6 Å². The summed E-state index contributed by atoms with van der Waals surface area (Å²) in [5, 5.41) is 0.534. The molecule has 0 atom stereocenters. The fourth-order valence-corrected chi connectivity index (χ4v) is 2.65. The molecule has 0 amide bonds. The van der Waals surface area contributed by atoms with E-state index in [4.69, 9.17) is 4.42 Å². The topological polar surface area (TPSA) is 30.2 Å². The summed E-state index contributed by atoms with van der Waals surface area (Å²) in [6.45, 7) is 0. The summed E-state index contributed by atoms with van der Waals surface area (Å²) < 4.78 is 19.5. The number of halogens is 2. The summed E-state index contributed by atoms with van der Waals surface area (Å²) in [7, 11) is 0. The Kier molecular flexibility index (Phi) is 3.10. The average molecular weight is 366 g/mol. The molecule has 0 radical (unpaired) electrons. The van der Waals surface area contributed by atoms with Crippen LogP contribution in [-0.2, 0) is 0 Å². The molecule has 2 nitrogen and oxygen atoms in total. The minimum Gasteiger partial charge on any atom is -0.455 e. The standard InChI is InChI=1S/C15H8FIO2/c16-10-5-3-4-9(8-10)15-13(17)14(18)11-6-1-2-7-12(11)19-15/h1-8H. The molecule has 3 rings (SSSR count). The third kappa shape index (κ3) is 2.16. The Morgan fingerprint density at radius 1 is 1.05 bits per heavy atom. The first-order valence-electron chi connectivity index (χ1n) is 5.64. The van der Waals surface area contributed by atoms with Crippen LogP contribution < -0.4 is 5.43 Å². The van der Waals surface area contributed by atoms with Crippen LogP contribution in [0.25, 0.3) is 22.3 Å². The number of hydrogen-bond donors (Lipinski definition) is 0. The van der Waals surface area contributed by atoms with Gasteiger partial charge in [0, 0.05) is 5.56 Å². The van der Waals surface area contributed by atoms with E-state index in [1.807, 2.05) is 22.6 Å². The van der Waals surface area contributed by atoms with Gasteiger partial charge in [-0.3, -0.25) is 4.79 Å². The van der Waals surface area contributed by atoms with Gasteiger partial charge in [-0.15, -0.1) is 0 Å². The van der Waals surface area contributed by atoms with Gasteiger partial charge in [-0.25, -0.2) is 4.39 Å². The molecule has 0 fully saturated rings. The Balaban J connectivity index is 2.36. The monoisotopic (exact) mass is 366 g/mol. The maximum absolute atomic E-state index is 13.3. The zero-order chi connectivity index (χ0) is 13.4. The van der Waals surface area contributed by atoms with E-state index in [0.717, 1.165) is 0 Å². The number of rotatable bonds is 1. The van der Waals surface area contributed by atoms with Gasteiger partial charge in [-0.2, -0.15) is 0 Å². The highest BCUT2D eigenvalue weighted by Gasteiger charge is 2.13. The van der Waals surface area contributed by atoms with Gasteiger partial charge >= 0.3 is 0 Å². The van der Waals surface area contributed by atoms with Crippen LogP contribution in [0.2, 0.25) is 0 Å². The smallest absolute Gasteiger partial charge is 0.206 e. The van der Waals surface area contributed by atoms with E-state index in [1.165, 1.54) is 12.1 Å². The largest absolute Gasteiger partial charge is 0.455 e. The maximum atomic E-state index is 13.3. The molecule has 0 unspecified atom stereocenters. The van der Waals surface area contributed by atoms with E-state index < -0.39 is 0 Å². The van der Waals surface area contributed by atoms with Gasteiger partial charge in [0.2, 0.25) is 5.43 Å². The van der Waals surface area contributed by atoms with Gasteiger partial charge in [0.15, 0.2) is 5.76 Å². The van der Waals surface area contributed by atoms with Crippen LogP contribution in [0.3, 0.4) is 0 Å². The van der Waals surface area contributed by atoms with Gasteiger partial charge in [0.25, 0.3) is 0 Å². The van der Waals surface area contributed by atoms with E-state index in [9.17, 15) is 9.18 Å². The Hall–Kier alpha value is -1.69. The molecular weight excluding hydrogens is 358 g/mol. The maximum Gasteiger partial charge on any atom is 0.206 e. The van der Waals surface area contributed by atoms with E-state index in [-0.39, 0.29) is 11.2 Å². The zero-order valence-corrected chi connectivity index (χ0v) is 11.8. The predicted molar refractivity (Wildman–Crippen MR) is 80.6 cm³/mol. The van der Waals surface area contributed by atoms with Gasteiger partial charge in [-0.05, 0) is 46.9 Å². The van der Waals surface area contributed by atoms with E-state index in [0.29, 0.717) is 25.9 Å². The van der Waals surface area contributed by atoms with Crippen LogP contribution >= 0.6 is 22.6 Å². The molecule has 1 aromatic heterocycles. The third-order valence-corrected chi connectivity index (χ3v) is 3.81. The first-order chi connectivity index (χ1) is 9.16. The second-order valence-electron chi connectivity index (χ2n) is 4.08. The summed E-state index contributed by atoms with van der Waals surface area (Å²) >= 11 is 1.94. The van der Waals surface area contributed by atoms with Crippen molar-refractivity contribution in [3.63, 3.8) is 0 Å². The van der Waals surface area contributed by atoms with Crippen molar-refractivity contribution in [1.29, 1.82) is 0 Å². The molecule has 4 heteroatoms. The second-order valence-corrected chi connectivity index (χ2v) is 5.16. The Bertz CT molecular complexity index is 824. The molecule has 0 saturated heterocycles. The number of hydrogen-bond acceptors (Lipinski definition) is 2. The number of para-hydroxylation sites is 1. The molecule has 0 spiro atoms. The van der Waals surface area contributed by atoms with Crippen LogP contribution in [0.1, 0.15) is 0 Å². The summed E-state index contributed by atoms with van der Waals surface area (Å²) in [6.07, 6.45) is 0. The molecule has 0 aliphatic rings. The van der Waals surface area contributed by atoms with E-state index >= 15 is 0 Å². The molecule has 0 N–H and O–H groups in total. The summed E-state index contributed by atoms with van der Waals surface area (Å²) in [5.74, 6) is 0.0490. The lowest BCUT2D eigenvalue weighted by molar-refractivity contribution is 0.608. The Labute approximate surface area is 122 Å². The highest BCUT2D eigenvalue weighted by atomic mass is 127. The molecule has 94 valence electrons. The Morgan fingerprint density at radius 3 is 2.63 bits per heavy atom. The lowest BCUT2D eigenvalue weighted by Gasteiger charge is -2.06. The zero-order valence-electron chi connectivity index (χ0n) is 9.69. The second kappa shape index (κ2) is 4.77. The lowest BCUT2D eigenvalue weighted by Crippen LogP contribution is -2.07. The average Bonchev–Trinajstić information content (AvgIpc) is 2.43. The predicted octanol–water partition coefficient (Wildman–Crippen LogP) is 4.20. The van der Waals surface area contributed by atoms with Crippen molar-refractivity contribution in [1.82, 2.24) is 0 Å². The van der Waals surface area contributed by atoms with Crippen molar-refractivity contribution in [2.75, 3.05) is 0 Å². The van der Waals surface area contributed by atoms with Crippen LogP contribution in [-0.4, -0.2) is 0 Å². The minimum atomic E-state index is -0.357. The molecule has 1 heterocycles. The SMILES string of the molecule is O=c1c(I)c(-c2cccc(F)c2)oc2ccccc12. The van der Waals surface area contributed by atoms with Gasteiger partial charge < -0.3 is 4.42 Å². The summed E-state index contributed by atoms with van der Waals surface area (Å²) in [5.41, 5.74) is 0.973. The van der Waals surface area contributed by atoms with Crippen LogP contribution in [0.5, 0.6) is 0 Å². The highest BCUT2D eigenvalue weighted by molar-refractivity contribution is 14.1. The lowest BCUT2D eigenvalue weighted by atomic mass is 10.1. The first kappa shape index (κ1) is 12.3. The van der Waals surface area contributed by atoms with Gasteiger partial charge in [0.1, 0.15) is 15.0 Å². The molecule has 0 aliphatic carbocycles. The quantitative estimate of drug-likeness (QED) is 0.605. The van der Waals surface area contributed by atoms with Crippen molar-refractivity contribution in [3.8, 4) is 11.3 Å². The molecule has 19 heavy (non-hydrogen) atoms. The number of fused-ring (bicyclic) bond motifs is 1. The van der Waals surface area contributed by atoms with E-state index in [2.05, 4.69) is 0 Å². The van der Waals surface area contributed by atoms with Crippen molar-refractivity contribution in [2.45, 2.75) is 0 Å². The molecular formula is C15H8FIO2. The fourth-order valence-electron chi connectivity index (χ4n) is 1.93. The van der Waals surface area contributed by atoms with Crippen molar-refractivity contribution in [2.24, 2.45) is 0 Å².